The monoisotopic (exact) mass is 205 g/mol. The molecule has 2 nitrogen and oxygen atoms in total. The minimum Gasteiger partial charge on any atom is -0.316 e. The summed E-state index contributed by atoms with van der Waals surface area (Å²) in [6.07, 6.45) is 9.34. The van der Waals surface area contributed by atoms with Gasteiger partial charge in [0, 0.05) is 18.7 Å². The van der Waals surface area contributed by atoms with Gasteiger partial charge in [-0.3, -0.25) is 4.79 Å². The molecule has 82 valence electrons. The Hall–Kier alpha value is -1.05. The molecule has 2 heteroatoms. The summed E-state index contributed by atoms with van der Waals surface area (Å²) in [5, 5.41) is 0. The molecule has 1 amide bonds. The number of allylic oxidation sites excluding steroid dienone is 3. The fourth-order valence-electron chi connectivity index (χ4n) is 2.60. The van der Waals surface area contributed by atoms with Crippen molar-refractivity contribution in [1.29, 1.82) is 0 Å². The van der Waals surface area contributed by atoms with Crippen molar-refractivity contribution in [2.75, 3.05) is 6.54 Å². The summed E-state index contributed by atoms with van der Waals surface area (Å²) in [5.74, 6) is 0.340. The van der Waals surface area contributed by atoms with Crippen LogP contribution in [-0.2, 0) is 4.79 Å². The maximum Gasteiger partial charge on any atom is 0.226 e. The van der Waals surface area contributed by atoms with Gasteiger partial charge in [0.2, 0.25) is 5.91 Å². The quantitative estimate of drug-likeness (QED) is 0.648. The van der Waals surface area contributed by atoms with Gasteiger partial charge in [0.05, 0.1) is 0 Å². The topological polar surface area (TPSA) is 20.3 Å². The zero-order valence-corrected chi connectivity index (χ0v) is 9.30. The molecular formula is C13H19NO. The fraction of sp³-hybridized carbons (Fsp3) is 0.615. The number of carbonyl (C=O) groups is 1. The van der Waals surface area contributed by atoms with E-state index in [1.165, 1.54) is 17.7 Å². The molecule has 0 bridgehead atoms. The predicted octanol–water partition coefficient (Wildman–Crippen LogP) is 3.01. The van der Waals surface area contributed by atoms with Gasteiger partial charge in [-0.05, 0) is 38.5 Å². The molecule has 1 fully saturated rings. The highest BCUT2D eigenvalue weighted by atomic mass is 16.2. The average Bonchev–Trinajstić information content (AvgIpc) is 2.27. The van der Waals surface area contributed by atoms with Gasteiger partial charge in [-0.1, -0.05) is 11.6 Å². The maximum absolute atomic E-state index is 11.7. The third kappa shape index (κ3) is 2.14. The van der Waals surface area contributed by atoms with Crippen molar-refractivity contribution in [2.45, 2.75) is 44.9 Å². The third-order valence-corrected chi connectivity index (χ3v) is 3.35. The lowest BCUT2D eigenvalue weighted by Gasteiger charge is -2.35. The normalized spacial score (nSPS) is 21.6. The van der Waals surface area contributed by atoms with Crippen molar-refractivity contribution in [1.82, 2.24) is 4.90 Å². The first-order valence-electron chi connectivity index (χ1n) is 5.95. The zero-order valence-electron chi connectivity index (χ0n) is 9.30. The molecule has 1 saturated heterocycles. The number of amides is 1. The van der Waals surface area contributed by atoms with Crippen molar-refractivity contribution in [3.63, 3.8) is 0 Å². The fourth-order valence-corrected chi connectivity index (χ4v) is 2.60. The minimum absolute atomic E-state index is 0.340. The lowest BCUT2D eigenvalue weighted by atomic mass is 9.92. The Kier molecular flexibility index (Phi) is 3.24. The first kappa shape index (κ1) is 10.5. The smallest absolute Gasteiger partial charge is 0.226 e. The third-order valence-electron chi connectivity index (χ3n) is 3.35. The van der Waals surface area contributed by atoms with Gasteiger partial charge in [-0.2, -0.15) is 0 Å². The van der Waals surface area contributed by atoms with Crippen molar-refractivity contribution in [3.8, 4) is 0 Å². The van der Waals surface area contributed by atoms with Gasteiger partial charge in [0.1, 0.15) is 0 Å². The highest BCUT2D eigenvalue weighted by Crippen LogP contribution is 2.32. The van der Waals surface area contributed by atoms with E-state index in [0.717, 1.165) is 45.1 Å². The van der Waals surface area contributed by atoms with E-state index in [2.05, 4.69) is 6.58 Å². The van der Waals surface area contributed by atoms with Crippen LogP contribution in [0.4, 0.5) is 0 Å². The van der Waals surface area contributed by atoms with Crippen LogP contribution >= 0.6 is 0 Å². The summed E-state index contributed by atoms with van der Waals surface area (Å²) in [6.45, 7) is 4.71. The highest BCUT2D eigenvalue weighted by Gasteiger charge is 2.27. The van der Waals surface area contributed by atoms with Crippen LogP contribution < -0.4 is 0 Å². The van der Waals surface area contributed by atoms with Gasteiger partial charge in [-0.25, -0.2) is 0 Å². The van der Waals surface area contributed by atoms with E-state index in [9.17, 15) is 4.79 Å². The average molecular weight is 205 g/mol. The lowest BCUT2D eigenvalue weighted by molar-refractivity contribution is -0.131. The van der Waals surface area contributed by atoms with Gasteiger partial charge >= 0.3 is 0 Å². The van der Waals surface area contributed by atoms with Gasteiger partial charge in [0.25, 0.3) is 0 Å². The van der Waals surface area contributed by atoms with Gasteiger partial charge < -0.3 is 4.90 Å². The summed E-state index contributed by atoms with van der Waals surface area (Å²) in [4.78, 5) is 13.8. The number of hydrogen-bond acceptors (Lipinski definition) is 1. The number of fused-ring (bicyclic) bond motifs is 1. The molecule has 0 aromatic carbocycles. The molecular weight excluding hydrogens is 186 g/mol. The zero-order chi connectivity index (χ0) is 10.7. The number of hydrogen-bond donors (Lipinski definition) is 0. The lowest BCUT2D eigenvalue weighted by Crippen LogP contribution is -2.37. The first-order chi connectivity index (χ1) is 7.33. The molecule has 0 unspecified atom stereocenters. The maximum atomic E-state index is 11.7. The molecule has 15 heavy (non-hydrogen) atoms. The molecule has 0 spiro atoms. The van der Waals surface area contributed by atoms with Crippen molar-refractivity contribution < 1.29 is 4.79 Å². The van der Waals surface area contributed by atoms with Gasteiger partial charge in [0.15, 0.2) is 0 Å². The van der Waals surface area contributed by atoms with Crippen molar-refractivity contribution in [2.24, 2.45) is 0 Å². The summed E-state index contributed by atoms with van der Waals surface area (Å²) in [5.41, 5.74) is 2.86. The van der Waals surface area contributed by atoms with Crippen molar-refractivity contribution in [3.05, 3.63) is 23.9 Å². The summed E-state index contributed by atoms with van der Waals surface area (Å²) < 4.78 is 0. The van der Waals surface area contributed by atoms with E-state index in [1.807, 2.05) is 11.0 Å². The summed E-state index contributed by atoms with van der Waals surface area (Å²) in [6, 6.07) is 0. The summed E-state index contributed by atoms with van der Waals surface area (Å²) >= 11 is 0. The SMILES string of the molecule is C=CCCC1=C2CCCC(=O)N2CCC1. The van der Waals surface area contributed by atoms with Crippen LogP contribution in [0.25, 0.3) is 0 Å². The Labute approximate surface area is 91.6 Å². The van der Waals surface area contributed by atoms with E-state index < -0.39 is 0 Å². The Balaban J connectivity index is 2.17. The van der Waals surface area contributed by atoms with E-state index in [0.29, 0.717) is 5.91 Å². The highest BCUT2D eigenvalue weighted by molar-refractivity contribution is 5.79. The molecule has 0 aliphatic carbocycles. The molecule has 0 atom stereocenters. The van der Waals surface area contributed by atoms with Gasteiger partial charge in [-0.15, -0.1) is 6.58 Å². The molecule has 2 aliphatic rings. The van der Waals surface area contributed by atoms with E-state index in [4.69, 9.17) is 0 Å². The molecule has 2 aliphatic heterocycles. The molecule has 2 heterocycles. The number of carbonyl (C=O) groups excluding carboxylic acids is 1. The molecule has 0 aromatic heterocycles. The van der Waals surface area contributed by atoms with E-state index in [1.54, 1.807) is 0 Å². The first-order valence-corrected chi connectivity index (χ1v) is 5.95. The van der Waals surface area contributed by atoms with E-state index in [-0.39, 0.29) is 0 Å². The van der Waals surface area contributed by atoms with Crippen LogP contribution in [0.2, 0.25) is 0 Å². The van der Waals surface area contributed by atoms with Crippen LogP contribution in [0.5, 0.6) is 0 Å². The molecule has 2 rings (SSSR count). The molecule has 0 saturated carbocycles. The number of piperidine rings is 1. The second-order valence-electron chi connectivity index (χ2n) is 4.38. The Morgan fingerprint density at radius 3 is 2.93 bits per heavy atom. The second-order valence-corrected chi connectivity index (χ2v) is 4.38. The molecule has 0 N–H and O–H groups in total. The molecule has 0 radical (unpaired) electrons. The predicted molar refractivity (Wildman–Crippen MR) is 61.3 cm³/mol. The Morgan fingerprint density at radius 2 is 2.13 bits per heavy atom. The van der Waals surface area contributed by atoms with Crippen LogP contribution in [0.3, 0.4) is 0 Å². The minimum atomic E-state index is 0.340. The Morgan fingerprint density at radius 1 is 1.27 bits per heavy atom. The standard InChI is InChI=1S/C13H19NO/c1-2-3-6-11-7-5-10-14-12(11)8-4-9-13(14)15/h2H,1,3-10H2. The largest absolute Gasteiger partial charge is 0.316 e. The number of nitrogens with zero attached hydrogens (tertiary/aromatic N) is 1. The van der Waals surface area contributed by atoms with Crippen LogP contribution in [-0.4, -0.2) is 17.4 Å². The number of rotatable bonds is 3. The Bertz CT molecular complexity index is 304. The molecule has 0 aromatic rings. The van der Waals surface area contributed by atoms with Crippen LogP contribution in [0.15, 0.2) is 23.9 Å². The van der Waals surface area contributed by atoms with Crippen molar-refractivity contribution >= 4 is 5.91 Å². The van der Waals surface area contributed by atoms with Crippen LogP contribution in [0, 0.1) is 0 Å². The second kappa shape index (κ2) is 4.65. The van der Waals surface area contributed by atoms with E-state index >= 15 is 0 Å². The van der Waals surface area contributed by atoms with Crippen LogP contribution in [0.1, 0.15) is 44.9 Å². The summed E-state index contributed by atoms with van der Waals surface area (Å²) in [7, 11) is 0.